The molecule has 2 rings (SSSR count). The Morgan fingerprint density at radius 3 is 2.50 bits per heavy atom. The van der Waals surface area contributed by atoms with Gasteiger partial charge in [-0.1, -0.05) is 42.5 Å². The average molecular weight is 245 g/mol. The Balaban J connectivity index is 2.03. The summed E-state index contributed by atoms with van der Waals surface area (Å²) in [4.78, 5) is 0. The molecule has 0 saturated heterocycles. The van der Waals surface area contributed by atoms with Gasteiger partial charge in [-0.2, -0.15) is 0 Å². The van der Waals surface area contributed by atoms with Crippen LogP contribution in [0.1, 0.15) is 5.56 Å². The number of hydrogen-bond donors (Lipinski definition) is 1. The molecule has 0 bridgehead atoms. The lowest BCUT2D eigenvalue weighted by atomic mass is 10.0. The maximum absolute atomic E-state index is 5.14. The fourth-order valence-electron chi connectivity index (χ4n) is 2.03. The molecule has 0 atom stereocenters. The zero-order valence-electron chi connectivity index (χ0n) is 10.8. The molecule has 0 aliphatic heterocycles. The van der Waals surface area contributed by atoms with Crippen LogP contribution in [0.2, 0.25) is 0 Å². The van der Waals surface area contributed by atoms with Crippen LogP contribution in [0.15, 0.2) is 42.5 Å². The molecule has 2 aromatic rings. The Bertz CT molecular complexity index is 489. The standard InChI is InChI=1S/C15H19NO2/c1-17-15(18-2)11-16-10-13-8-5-7-12-6-3-4-9-14(12)13/h3-9,15-16H,10-11H2,1-2H3. The highest BCUT2D eigenvalue weighted by Gasteiger charge is 2.05. The third kappa shape index (κ3) is 3.07. The van der Waals surface area contributed by atoms with E-state index in [1.807, 2.05) is 0 Å². The number of hydrogen-bond acceptors (Lipinski definition) is 3. The molecule has 1 N–H and O–H groups in total. The number of fused-ring (bicyclic) bond motifs is 1. The quantitative estimate of drug-likeness (QED) is 0.793. The Morgan fingerprint density at radius 1 is 1.00 bits per heavy atom. The van der Waals surface area contributed by atoms with Crippen LogP contribution in [0.4, 0.5) is 0 Å². The topological polar surface area (TPSA) is 30.5 Å². The molecular weight excluding hydrogens is 226 g/mol. The van der Waals surface area contributed by atoms with E-state index in [2.05, 4.69) is 47.8 Å². The summed E-state index contributed by atoms with van der Waals surface area (Å²) in [6.45, 7) is 1.49. The molecule has 0 spiro atoms. The maximum atomic E-state index is 5.14. The molecule has 0 radical (unpaired) electrons. The van der Waals surface area contributed by atoms with Crippen LogP contribution in [0.5, 0.6) is 0 Å². The molecular formula is C15H19NO2. The van der Waals surface area contributed by atoms with Crippen molar-refractivity contribution in [2.75, 3.05) is 20.8 Å². The van der Waals surface area contributed by atoms with Crippen LogP contribution in [0.25, 0.3) is 10.8 Å². The summed E-state index contributed by atoms with van der Waals surface area (Å²) in [7, 11) is 3.29. The van der Waals surface area contributed by atoms with Crippen LogP contribution in [0, 0.1) is 0 Å². The normalized spacial score (nSPS) is 11.3. The minimum absolute atomic E-state index is 0.194. The molecule has 3 heteroatoms. The lowest BCUT2D eigenvalue weighted by Crippen LogP contribution is -2.29. The van der Waals surface area contributed by atoms with Crippen molar-refractivity contribution in [3.8, 4) is 0 Å². The van der Waals surface area contributed by atoms with E-state index < -0.39 is 0 Å². The minimum Gasteiger partial charge on any atom is -0.355 e. The second-order valence-corrected chi connectivity index (χ2v) is 4.17. The van der Waals surface area contributed by atoms with Crippen LogP contribution in [0.3, 0.4) is 0 Å². The highest BCUT2D eigenvalue weighted by Crippen LogP contribution is 2.18. The molecule has 0 saturated carbocycles. The molecule has 0 unspecified atom stereocenters. The van der Waals surface area contributed by atoms with E-state index in [4.69, 9.17) is 9.47 Å². The summed E-state index contributed by atoms with van der Waals surface area (Å²) < 4.78 is 10.3. The first kappa shape index (κ1) is 13.0. The van der Waals surface area contributed by atoms with Gasteiger partial charge in [-0.05, 0) is 16.3 Å². The molecule has 0 amide bonds. The largest absolute Gasteiger partial charge is 0.355 e. The van der Waals surface area contributed by atoms with E-state index in [1.165, 1.54) is 16.3 Å². The van der Waals surface area contributed by atoms with Crippen LogP contribution >= 0.6 is 0 Å². The van der Waals surface area contributed by atoms with E-state index >= 15 is 0 Å². The van der Waals surface area contributed by atoms with Gasteiger partial charge >= 0.3 is 0 Å². The first-order valence-electron chi connectivity index (χ1n) is 6.08. The third-order valence-corrected chi connectivity index (χ3v) is 3.03. The van der Waals surface area contributed by atoms with Gasteiger partial charge in [0, 0.05) is 27.3 Å². The van der Waals surface area contributed by atoms with Crippen molar-refractivity contribution < 1.29 is 9.47 Å². The fourth-order valence-corrected chi connectivity index (χ4v) is 2.03. The molecule has 96 valence electrons. The van der Waals surface area contributed by atoms with Crippen LogP contribution < -0.4 is 5.32 Å². The van der Waals surface area contributed by atoms with E-state index in [0.29, 0.717) is 6.54 Å². The van der Waals surface area contributed by atoms with Gasteiger partial charge in [0.15, 0.2) is 6.29 Å². The lowest BCUT2D eigenvalue weighted by Gasteiger charge is -2.14. The van der Waals surface area contributed by atoms with Gasteiger partial charge in [0.1, 0.15) is 0 Å². The maximum Gasteiger partial charge on any atom is 0.169 e. The van der Waals surface area contributed by atoms with Gasteiger partial charge in [-0.3, -0.25) is 0 Å². The smallest absolute Gasteiger partial charge is 0.169 e. The Labute approximate surface area is 108 Å². The van der Waals surface area contributed by atoms with E-state index in [0.717, 1.165) is 6.54 Å². The van der Waals surface area contributed by atoms with Gasteiger partial charge in [-0.15, -0.1) is 0 Å². The number of methoxy groups -OCH3 is 2. The Kier molecular flexibility index (Phi) is 4.70. The fraction of sp³-hybridized carbons (Fsp3) is 0.333. The SMILES string of the molecule is COC(CNCc1cccc2ccccc12)OC. The van der Waals surface area contributed by atoms with Crippen molar-refractivity contribution in [2.24, 2.45) is 0 Å². The van der Waals surface area contributed by atoms with Gasteiger partial charge in [-0.25, -0.2) is 0 Å². The second-order valence-electron chi connectivity index (χ2n) is 4.17. The minimum atomic E-state index is -0.194. The van der Waals surface area contributed by atoms with Gasteiger partial charge < -0.3 is 14.8 Å². The molecule has 2 aromatic carbocycles. The summed E-state index contributed by atoms with van der Waals surface area (Å²) in [6, 6.07) is 14.8. The van der Waals surface area contributed by atoms with E-state index in [-0.39, 0.29) is 6.29 Å². The highest BCUT2D eigenvalue weighted by atomic mass is 16.7. The predicted molar refractivity (Wildman–Crippen MR) is 73.5 cm³/mol. The number of rotatable bonds is 6. The molecule has 0 aromatic heterocycles. The number of benzene rings is 2. The van der Waals surface area contributed by atoms with Crippen LogP contribution in [-0.4, -0.2) is 27.1 Å². The van der Waals surface area contributed by atoms with E-state index in [1.54, 1.807) is 14.2 Å². The van der Waals surface area contributed by atoms with Crippen molar-refractivity contribution in [3.63, 3.8) is 0 Å². The number of nitrogens with one attached hydrogen (secondary N) is 1. The molecule has 0 aliphatic rings. The van der Waals surface area contributed by atoms with Crippen LogP contribution in [-0.2, 0) is 16.0 Å². The predicted octanol–water partition coefficient (Wildman–Crippen LogP) is 2.55. The lowest BCUT2D eigenvalue weighted by molar-refractivity contribution is -0.0988. The summed E-state index contributed by atoms with van der Waals surface area (Å²) >= 11 is 0. The number of ether oxygens (including phenoxy) is 2. The first-order valence-corrected chi connectivity index (χ1v) is 6.08. The second kappa shape index (κ2) is 6.50. The molecule has 3 nitrogen and oxygen atoms in total. The monoisotopic (exact) mass is 245 g/mol. The van der Waals surface area contributed by atoms with Crippen molar-refractivity contribution in [1.29, 1.82) is 0 Å². The summed E-state index contributed by atoms with van der Waals surface area (Å²) in [5.74, 6) is 0. The molecule has 0 fully saturated rings. The highest BCUT2D eigenvalue weighted by molar-refractivity contribution is 5.85. The van der Waals surface area contributed by atoms with Crippen molar-refractivity contribution in [3.05, 3.63) is 48.0 Å². The summed E-state index contributed by atoms with van der Waals surface area (Å²) in [6.07, 6.45) is -0.194. The van der Waals surface area contributed by atoms with Gasteiger partial charge in [0.05, 0.1) is 0 Å². The summed E-state index contributed by atoms with van der Waals surface area (Å²) in [5, 5.41) is 5.91. The summed E-state index contributed by atoms with van der Waals surface area (Å²) in [5.41, 5.74) is 1.29. The molecule has 0 heterocycles. The van der Waals surface area contributed by atoms with Crippen molar-refractivity contribution in [2.45, 2.75) is 12.8 Å². The van der Waals surface area contributed by atoms with E-state index in [9.17, 15) is 0 Å². The van der Waals surface area contributed by atoms with Gasteiger partial charge in [0.2, 0.25) is 0 Å². The van der Waals surface area contributed by atoms with Crippen molar-refractivity contribution >= 4 is 10.8 Å². The average Bonchev–Trinajstić information content (AvgIpc) is 2.44. The zero-order chi connectivity index (χ0) is 12.8. The Hall–Kier alpha value is -1.42. The zero-order valence-corrected chi connectivity index (χ0v) is 10.8. The molecule has 0 aliphatic carbocycles. The van der Waals surface area contributed by atoms with Crippen molar-refractivity contribution in [1.82, 2.24) is 5.32 Å². The first-order chi connectivity index (χ1) is 8.85. The Morgan fingerprint density at radius 2 is 1.72 bits per heavy atom. The third-order valence-electron chi connectivity index (χ3n) is 3.03. The van der Waals surface area contributed by atoms with Gasteiger partial charge in [0.25, 0.3) is 0 Å². The molecule has 18 heavy (non-hydrogen) atoms.